The average Bonchev–Trinajstić information content (AvgIpc) is 2.82. The van der Waals surface area contributed by atoms with Crippen LogP contribution in [0, 0.1) is 13.8 Å². The summed E-state index contributed by atoms with van der Waals surface area (Å²) in [5, 5.41) is 1.51. The second-order valence-electron chi connectivity index (χ2n) is 8.37. The van der Waals surface area contributed by atoms with Crippen molar-refractivity contribution in [1.29, 1.82) is 0 Å². The molecule has 0 saturated carbocycles. The van der Waals surface area contributed by atoms with Crippen LogP contribution < -0.4 is 16.7 Å². The van der Waals surface area contributed by atoms with E-state index < -0.39 is 0 Å². The lowest BCUT2D eigenvalue weighted by Gasteiger charge is -2.32. The Kier molecular flexibility index (Phi) is 7.05. The minimum absolute atomic E-state index is 0.0175. The van der Waals surface area contributed by atoms with Crippen molar-refractivity contribution >= 4 is 40.8 Å². The quantitative estimate of drug-likeness (QED) is 0.340. The lowest BCUT2D eigenvalue weighted by atomic mass is 9.31. The van der Waals surface area contributed by atoms with E-state index in [4.69, 9.17) is 28.9 Å². The van der Waals surface area contributed by atoms with Crippen LogP contribution in [0.1, 0.15) is 34.1 Å². The Morgan fingerprint density at radius 3 is 1.50 bits per heavy atom. The number of benzene rings is 4. The van der Waals surface area contributed by atoms with Crippen molar-refractivity contribution in [2.24, 2.45) is 5.73 Å². The van der Waals surface area contributed by atoms with Crippen LogP contribution >= 0.6 is 23.2 Å². The van der Waals surface area contributed by atoms with Gasteiger partial charge in [0.1, 0.15) is 0 Å². The molecule has 4 aromatic rings. The Morgan fingerprint density at radius 2 is 1.06 bits per heavy atom. The molecule has 0 bridgehead atoms. The van der Waals surface area contributed by atoms with E-state index in [0.29, 0.717) is 0 Å². The third kappa shape index (κ3) is 4.78. The summed E-state index contributed by atoms with van der Waals surface area (Å²) in [5.41, 5.74) is 13.7. The predicted molar refractivity (Wildman–Crippen MR) is 140 cm³/mol. The first-order valence-electron chi connectivity index (χ1n) is 10.8. The number of nitrogens with two attached hydrogens (primary N) is 1. The normalized spacial score (nSPS) is 12.9. The topological polar surface area (TPSA) is 26.0 Å². The van der Waals surface area contributed by atoms with Crippen molar-refractivity contribution in [2.75, 3.05) is 0 Å². The van der Waals surface area contributed by atoms with Crippen LogP contribution in [0.4, 0.5) is 0 Å². The van der Waals surface area contributed by atoms with Crippen molar-refractivity contribution in [1.82, 2.24) is 0 Å². The number of halogens is 2. The first-order chi connectivity index (χ1) is 15.5. The van der Waals surface area contributed by atoms with Crippen LogP contribution in [-0.2, 0) is 0 Å². The zero-order chi connectivity index (χ0) is 22.7. The van der Waals surface area contributed by atoms with E-state index in [9.17, 15) is 0 Å². The average molecular weight is 458 g/mol. The summed E-state index contributed by atoms with van der Waals surface area (Å²) in [5.74, 6) is -0.0175. The number of hydrogen-bond donors (Lipinski definition) is 1. The van der Waals surface area contributed by atoms with Gasteiger partial charge in [-0.2, -0.15) is 0 Å². The van der Waals surface area contributed by atoms with Crippen LogP contribution in [0.3, 0.4) is 0 Å². The molecule has 0 saturated heterocycles. The largest absolute Gasteiger partial charge is 0.324 e. The second-order valence-corrected chi connectivity index (χ2v) is 9.18. The fourth-order valence-electron chi connectivity index (χ4n) is 4.38. The molecule has 4 heteroatoms. The minimum atomic E-state index is -0.219. The Hall–Kier alpha value is -2.52. The maximum absolute atomic E-state index is 7.02. The lowest BCUT2D eigenvalue weighted by Crippen LogP contribution is -2.50. The SMILES string of the molecule is Cc1ccc(B(c2ccc(C)c(Cl)c2)[C@@H](c2ccccc2)[C@@H](N)c2ccccc2)cc1Cl. The lowest BCUT2D eigenvalue weighted by molar-refractivity contribution is 0.687. The highest BCUT2D eigenvalue weighted by atomic mass is 35.5. The van der Waals surface area contributed by atoms with Crippen molar-refractivity contribution in [3.63, 3.8) is 0 Å². The molecule has 0 aliphatic rings. The highest BCUT2D eigenvalue weighted by Crippen LogP contribution is 2.32. The molecule has 160 valence electrons. The maximum Gasteiger partial charge on any atom is 0.218 e. The fourth-order valence-corrected chi connectivity index (χ4v) is 4.76. The maximum atomic E-state index is 7.02. The van der Waals surface area contributed by atoms with E-state index in [1.165, 1.54) is 5.56 Å². The molecular formula is C28H26BCl2N. The van der Waals surface area contributed by atoms with E-state index in [2.05, 4.69) is 72.8 Å². The molecule has 1 nitrogen and oxygen atoms in total. The summed E-state index contributed by atoms with van der Waals surface area (Å²) in [7, 11) is 0. The first kappa shape index (κ1) is 22.7. The van der Waals surface area contributed by atoms with Gasteiger partial charge in [0.05, 0.1) is 0 Å². The summed E-state index contributed by atoms with van der Waals surface area (Å²) in [6, 6.07) is 33.2. The standard InChI is InChI=1S/C28H26BCl2N/c1-19-13-15-23(17-25(19)30)29(24-16-14-20(2)26(31)18-24)27(21-9-5-3-6-10-21)28(32)22-11-7-4-8-12-22/h3-18,27-28H,32H2,1-2H3/t27-,28-/m0/s1. The predicted octanol–water partition coefficient (Wildman–Crippen LogP) is 6.24. The molecule has 4 rings (SSSR count). The number of aryl methyl sites for hydroxylation is 2. The van der Waals surface area contributed by atoms with Gasteiger partial charge in [-0.25, -0.2) is 0 Å². The van der Waals surface area contributed by atoms with Gasteiger partial charge in [-0.1, -0.05) is 119 Å². The summed E-state index contributed by atoms with van der Waals surface area (Å²) in [6.45, 7) is 4.02. The zero-order valence-corrected chi connectivity index (χ0v) is 19.8. The van der Waals surface area contributed by atoms with Gasteiger partial charge >= 0.3 is 0 Å². The van der Waals surface area contributed by atoms with E-state index in [1.54, 1.807) is 0 Å². The monoisotopic (exact) mass is 457 g/mol. The summed E-state index contributed by atoms with van der Waals surface area (Å²) in [6.07, 6.45) is 0. The van der Waals surface area contributed by atoms with E-state index >= 15 is 0 Å². The minimum Gasteiger partial charge on any atom is -0.324 e. The first-order valence-corrected chi connectivity index (χ1v) is 11.6. The molecule has 0 aromatic heterocycles. The molecule has 2 N–H and O–H groups in total. The molecule has 0 fully saturated rings. The van der Waals surface area contributed by atoms with Gasteiger partial charge in [-0.05, 0) is 54.1 Å². The van der Waals surface area contributed by atoms with Crippen LogP contribution in [0.15, 0.2) is 97.1 Å². The van der Waals surface area contributed by atoms with E-state index in [0.717, 1.165) is 37.7 Å². The summed E-state index contributed by atoms with van der Waals surface area (Å²) in [4.78, 5) is 0. The van der Waals surface area contributed by atoms with E-state index in [-0.39, 0.29) is 18.6 Å². The van der Waals surface area contributed by atoms with Gasteiger partial charge in [0, 0.05) is 16.1 Å². The second kappa shape index (κ2) is 9.96. The molecular weight excluding hydrogens is 432 g/mol. The molecule has 2 atom stereocenters. The molecule has 0 amide bonds. The van der Waals surface area contributed by atoms with Gasteiger partial charge < -0.3 is 5.73 Å². The third-order valence-corrected chi connectivity index (χ3v) is 7.04. The van der Waals surface area contributed by atoms with Crippen molar-refractivity contribution < 1.29 is 0 Å². The number of rotatable bonds is 6. The van der Waals surface area contributed by atoms with Gasteiger partial charge in [0.2, 0.25) is 6.71 Å². The Morgan fingerprint density at radius 1 is 0.625 bits per heavy atom. The molecule has 4 aromatic carbocycles. The highest BCUT2D eigenvalue weighted by molar-refractivity contribution is 6.86. The number of hydrogen-bond acceptors (Lipinski definition) is 1. The van der Waals surface area contributed by atoms with Crippen molar-refractivity contribution in [3.8, 4) is 0 Å². The van der Waals surface area contributed by atoms with Crippen molar-refractivity contribution in [2.45, 2.75) is 25.7 Å². The summed E-state index contributed by atoms with van der Waals surface area (Å²) < 4.78 is 0. The highest BCUT2D eigenvalue weighted by Gasteiger charge is 2.36. The van der Waals surface area contributed by atoms with Gasteiger partial charge in [-0.3, -0.25) is 0 Å². The molecule has 0 heterocycles. The fraction of sp³-hybridized carbons (Fsp3) is 0.143. The Balaban J connectivity index is 1.95. The Bertz CT molecular complexity index is 1140. The van der Waals surface area contributed by atoms with Crippen LogP contribution in [0.2, 0.25) is 10.0 Å². The van der Waals surface area contributed by atoms with Crippen LogP contribution in [0.25, 0.3) is 0 Å². The van der Waals surface area contributed by atoms with Gasteiger partial charge in [-0.15, -0.1) is 0 Å². The van der Waals surface area contributed by atoms with Crippen LogP contribution in [0.5, 0.6) is 0 Å². The molecule has 0 aliphatic heterocycles. The van der Waals surface area contributed by atoms with Crippen molar-refractivity contribution in [3.05, 3.63) is 129 Å². The van der Waals surface area contributed by atoms with Gasteiger partial charge in [0.25, 0.3) is 0 Å². The molecule has 0 spiro atoms. The van der Waals surface area contributed by atoms with Crippen LogP contribution in [-0.4, -0.2) is 6.71 Å². The molecule has 0 unspecified atom stereocenters. The van der Waals surface area contributed by atoms with Gasteiger partial charge in [0.15, 0.2) is 0 Å². The summed E-state index contributed by atoms with van der Waals surface area (Å²) >= 11 is 13.2. The molecule has 0 aliphatic carbocycles. The molecule has 0 radical (unpaired) electrons. The molecule has 32 heavy (non-hydrogen) atoms. The Labute approximate surface area is 201 Å². The zero-order valence-electron chi connectivity index (χ0n) is 18.3. The van der Waals surface area contributed by atoms with E-state index in [1.807, 2.05) is 38.1 Å². The smallest absolute Gasteiger partial charge is 0.218 e. The third-order valence-electron chi connectivity index (χ3n) is 6.22.